The van der Waals surface area contributed by atoms with E-state index >= 15 is 0 Å². The summed E-state index contributed by atoms with van der Waals surface area (Å²) < 4.78 is 5.73. The summed E-state index contributed by atoms with van der Waals surface area (Å²) in [6.07, 6.45) is 3.08. The molecule has 1 saturated carbocycles. The highest BCUT2D eigenvalue weighted by Gasteiger charge is 2.22. The van der Waals surface area contributed by atoms with Crippen molar-refractivity contribution in [1.29, 1.82) is 0 Å². The van der Waals surface area contributed by atoms with E-state index in [-0.39, 0.29) is 12.2 Å². The Morgan fingerprint density at radius 2 is 2.12 bits per heavy atom. The molecule has 0 saturated heterocycles. The molecule has 2 rings (SSSR count). The van der Waals surface area contributed by atoms with Gasteiger partial charge in [0.05, 0.1) is 12.2 Å². The summed E-state index contributed by atoms with van der Waals surface area (Å²) in [5, 5.41) is 11.2. The van der Waals surface area contributed by atoms with E-state index in [4.69, 9.17) is 10.5 Å². The van der Waals surface area contributed by atoms with Gasteiger partial charge >= 0.3 is 0 Å². The molecule has 1 aliphatic carbocycles. The SMILES string of the molecule is NC(=O)c1sccc1OC1CCC(O)CC1. The van der Waals surface area contributed by atoms with Crippen LogP contribution < -0.4 is 10.5 Å². The maximum Gasteiger partial charge on any atom is 0.262 e. The molecular formula is C11H15NO3S. The fourth-order valence-corrected chi connectivity index (χ4v) is 2.59. The fourth-order valence-electron chi connectivity index (χ4n) is 1.91. The highest BCUT2D eigenvalue weighted by molar-refractivity contribution is 7.12. The van der Waals surface area contributed by atoms with Gasteiger partial charge in [-0.05, 0) is 37.1 Å². The number of primary amides is 1. The molecule has 0 atom stereocenters. The van der Waals surface area contributed by atoms with Gasteiger partial charge in [0.1, 0.15) is 10.6 Å². The summed E-state index contributed by atoms with van der Waals surface area (Å²) in [4.78, 5) is 11.6. The first-order valence-electron chi connectivity index (χ1n) is 5.39. The highest BCUT2D eigenvalue weighted by Crippen LogP contribution is 2.29. The van der Waals surface area contributed by atoms with Crippen molar-refractivity contribution in [3.63, 3.8) is 0 Å². The molecule has 1 aliphatic rings. The number of aliphatic hydroxyl groups excluding tert-OH is 1. The summed E-state index contributed by atoms with van der Waals surface area (Å²) >= 11 is 1.30. The molecule has 1 aromatic heterocycles. The van der Waals surface area contributed by atoms with Gasteiger partial charge in [-0.1, -0.05) is 0 Å². The van der Waals surface area contributed by atoms with Crippen LogP contribution in [0.1, 0.15) is 35.4 Å². The average Bonchev–Trinajstić information content (AvgIpc) is 2.69. The predicted octanol–water partition coefficient (Wildman–Crippen LogP) is 1.53. The molecule has 0 spiro atoms. The Morgan fingerprint density at radius 3 is 2.75 bits per heavy atom. The number of ether oxygens (including phenoxy) is 1. The first kappa shape index (κ1) is 11.4. The van der Waals surface area contributed by atoms with Gasteiger partial charge in [-0.3, -0.25) is 4.79 Å². The van der Waals surface area contributed by atoms with Crippen LogP contribution in [0.25, 0.3) is 0 Å². The van der Waals surface area contributed by atoms with Gasteiger partial charge in [0.15, 0.2) is 0 Å². The Morgan fingerprint density at radius 1 is 1.44 bits per heavy atom. The number of carbonyl (C=O) groups is 1. The maximum atomic E-state index is 11.1. The third-order valence-electron chi connectivity index (χ3n) is 2.79. The van der Waals surface area contributed by atoms with Crippen molar-refractivity contribution in [2.24, 2.45) is 5.73 Å². The van der Waals surface area contributed by atoms with Gasteiger partial charge in [0.2, 0.25) is 0 Å². The van der Waals surface area contributed by atoms with Crippen LogP contribution in [-0.4, -0.2) is 23.2 Å². The van der Waals surface area contributed by atoms with Crippen molar-refractivity contribution in [2.45, 2.75) is 37.9 Å². The fraction of sp³-hybridized carbons (Fsp3) is 0.545. The molecule has 1 fully saturated rings. The molecule has 1 aromatic rings. The second-order valence-corrected chi connectivity index (χ2v) is 4.94. The maximum absolute atomic E-state index is 11.1. The quantitative estimate of drug-likeness (QED) is 0.843. The second kappa shape index (κ2) is 4.84. The third-order valence-corrected chi connectivity index (χ3v) is 3.70. The lowest BCUT2D eigenvalue weighted by atomic mass is 9.95. The summed E-state index contributed by atoms with van der Waals surface area (Å²) in [7, 11) is 0. The lowest BCUT2D eigenvalue weighted by Gasteiger charge is -2.26. The molecule has 3 N–H and O–H groups in total. The van der Waals surface area contributed by atoms with Crippen molar-refractivity contribution in [2.75, 3.05) is 0 Å². The summed E-state index contributed by atoms with van der Waals surface area (Å²) in [6.45, 7) is 0. The minimum absolute atomic E-state index is 0.0936. The van der Waals surface area contributed by atoms with Crippen molar-refractivity contribution in [1.82, 2.24) is 0 Å². The summed E-state index contributed by atoms with van der Waals surface area (Å²) in [5.41, 5.74) is 5.24. The van der Waals surface area contributed by atoms with Crippen LogP contribution in [0.2, 0.25) is 0 Å². The highest BCUT2D eigenvalue weighted by atomic mass is 32.1. The van der Waals surface area contributed by atoms with Gasteiger partial charge in [-0.2, -0.15) is 0 Å². The van der Waals surface area contributed by atoms with Gasteiger partial charge in [-0.15, -0.1) is 11.3 Å². The van der Waals surface area contributed by atoms with Crippen LogP contribution >= 0.6 is 11.3 Å². The Balaban J connectivity index is 1.98. The Hall–Kier alpha value is -1.07. The number of hydrogen-bond donors (Lipinski definition) is 2. The number of hydrogen-bond acceptors (Lipinski definition) is 4. The second-order valence-electron chi connectivity index (χ2n) is 4.03. The van der Waals surface area contributed by atoms with Crippen LogP contribution in [0.15, 0.2) is 11.4 Å². The molecule has 0 aliphatic heterocycles. The number of thiophene rings is 1. The van der Waals surface area contributed by atoms with Crippen LogP contribution in [0.3, 0.4) is 0 Å². The van der Waals surface area contributed by atoms with Crippen molar-refractivity contribution in [3.8, 4) is 5.75 Å². The molecule has 1 amide bonds. The van der Waals surface area contributed by atoms with Crippen molar-refractivity contribution < 1.29 is 14.6 Å². The molecule has 0 bridgehead atoms. The molecular weight excluding hydrogens is 226 g/mol. The number of carbonyl (C=O) groups excluding carboxylic acids is 1. The number of rotatable bonds is 3. The number of nitrogens with two attached hydrogens (primary N) is 1. The van der Waals surface area contributed by atoms with E-state index in [1.54, 1.807) is 11.4 Å². The third kappa shape index (κ3) is 2.54. The topological polar surface area (TPSA) is 72.6 Å². The van der Waals surface area contributed by atoms with Crippen molar-refractivity contribution in [3.05, 3.63) is 16.3 Å². The first-order valence-corrected chi connectivity index (χ1v) is 6.27. The number of aliphatic hydroxyl groups is 1. The minimum atomic E-state index is -0.444. The molecule has 0 radical (unpaired) electrons. The largest absolute Gasteiger partial charge is 0.489 e. The molecule has 16 heavy (non-hydrogen) atoms. The predicted molar refractivity (Wildman–Crippen MR) is 61.7 cm³/mol. The van der Waals surface area contributed by atoms with E-state index in [0.29, 0.717) is 10.6 Å². The zero-order chi connectivity index (χ0) is 11.5. The Labute approximate surface area is 98.0 Å². The van der Waals surface area contributed by atoms with Gasteiger partial charge in [0.25, 0.3) is 5.91 Å². The van der Waals surface area contributed by atoms with Gasteiger partial charge < -0.3 is 15.6 Å². The summed E-state index contributed by atoms with van der Waals surface area (Å²) in [5.74, 6) is 0.139. The smallest absolute Gasteiger partial charge is 0.262 e. The van der Waals surface area contributed by atoms with Gasteiger partial charge in [0, 0.05) is 0 Å². The monoisotopic (exact) mass is 241 g/mol. The number of amides is 1. The van der Waals surface area contributed by atoms with Gasteiger partial charge in [-0.25, -0.2) is 0 Å². The lowest BCUT2D eigenvalue weighted by Crippen LogP contribution is -2.27. The first-order chi connectivity index (χ1) is 7.66. The van der Waals surface area contributed by atoms with Crippen LogP contribution in [0.5, 0.6) is 5.75 Å². The van der Waals surface area contributed by atoms with Crippen LogP contribution in [-0.2, 0) is 0 Å². The normalized spacial score (nSPS) is 25.3. The Bertz CT molecular complexity index is 369. The minimum Gasteiger partial charge on any atom is -0.489 e. The van der Waals surface area contributed by atoms with E-state index in [9.17, 15) is 9.90 Å². The van der Waals surface area contributed by atoms with E-state index < -0.39 is 5.91 Å². The standard InChI is InChI=1S/C11H15NO3S/c12-11(14)10-9(5-6-16-10)15-8-3-1-7(13)2-4-8/h5-8,13H,1-4H2,(H2,12,14). The zero-order valence-electron chi connectivity index (χ0n) is 8.89. The van der Waals surface area contributed by atoms with Crippen LogP contribution in [0.4, 0.5) is 0 Å². The Kier molecular flexibility index (Phi) is 3.46. The summed E-state index contributed by atoms with van der Waals surface area (Å²) in [6, 6.07) is 1.77. The molecule has 0 aromatic carbocycles. The molecule has 5 heteroatoms. The molecule has 4 nitrogen and oxygen atoms in total. The van der Waals surface area contributed by atoms with E-state index in [1.165, 1.54) is 11.3 Å². The lowest BCUT2D eigenvalue weighted by molar-refractivity contribution is 0.0659. The molecule has 1 heterocycles. The molecule has 0 unspecified atom stereocenters. The zero-order valence-corrected chi connectivity index (χ0v) is 9.70. The van der Waals surface area contributed by atoms with E-state index in [2.05, 4.69) is 0 Å². The molecule has 88 valence electrons. The van der Waals surface area contributed by atoms with E-state index in [0.717, 1.165) is 25.7 Å². The van der Waals surface area contributed by atoms with Crippen molar-refractivity contribution >= 4 is 17.2 Å². The average molecular weight is 241 g/mol. The van der Waals surface area contributed by atoms with Crippen LogP contribution in [0, 0.1) is 0 Å². The van der Waals surface area contributed by atoms with E-state index in [1.807, 2.05) is 0 Å².